The summed E-state index contributed by atoms with van der Waals surface area (Å²) in [4.78, 5) is 16.1. The monoisotopic (exact) mass is 462 g/mol. The highest BCUT2D eigenvalue weighted by molar-refractivity contribution is 7.87. The van der Waals surface area contributed by atoms with Gasteiger partial charge >= 0.3 is 16.4 Å². The number of aryl methyl sites for hydroxylation is 1. The number of morpholine rings is 1. The average Bonchev–Trinajstić information content (AvgIpc) is 3.17. The van der Waals surface area contributed by atoms with Gasteiger partial charge in [-0.15, -0.1) is 0 Å². The van der Waals surface area contributed by atoms with Gasteiger partial charge in [-0.1, -0.05) is 13.0 Å². The molecular formula is C18H21F3N4O5S. The van der Waals surface area contributed by atoms with Crippen LogP contribution in [0.5, 0.6) is 0 Å². The molecule has 0 spiro atoms. The first-order valence-corrected chi connectivity index (χ1v) is 10.8. The van der Waals surface area contributed by atoms with E-state index in [9.17, 15) is 26.4 Å². The number of oxazole rings is 1. The molecule has 1 aliphatic rings. The number of nitrogens with zero attached hydrogens (tertiary/aromatic N) is 2. The van der Waals surface area contributed by atoms with Crippen molar-refractivity contribution in [2.75, 3.05) is 25.0 Å². The van der Waals surface area contributed by atoms with Crippen LogP contribution in [0.3, 0.4) is 0 Å². The van der Waals surface area contributed by atoms with E-state index in [2.05, 4.69) is 10.3 Å². The zero-order chi connectivity index (χ0) is 22.8. The third-order valence-electron chi connectivity index (χ3n) is 4.66. The van der Waals surface area contributed by atoms with Crippen molar-refractivity contribution in [1.29, 1.82) is 0 Å². The van der Waals surface area contributed by atoms with E-state index in [1.54, 1.807) is 6.92 Å². The number of alkyl halides is 3. The molecule has 2 N–H and O–H groups in total. The predicted molar refractivity (Wildman–Crippen MR) is 104 cm³/mol. The van der Waals surface area contributed by atoms with Gasteiger partial charge in [0.2, 0.25) is 0 Å². The first-order chi connectivity index (χ1) is 14.5. The molecule has 13 heteroatoms. The first-order valence-electron chi connectivity index (χ1n) is 9.34. The third-order valence-corrected chi connectivity index (χ3v) is 6.12. The fourth-order valence-electron chi connectivity index (χ4n) is 2.88. The number of halogens is 3. The van der Waals surface area contributed by atoms with E-state index >= 15 is 0 Å². The maximum absolute atomic E-state index is 12.9. The molecule has 0 radical (unpaired) electrons. The Labute approximate surface area is 176 Å². The Bertz CT molecular complexity index is 1050. The summed E-state index contributed by atoms with van der Waals surface area (Å²) in [5, 5.41) is 2.57. The molecule has 1 amide bonds. The van der Waals surface area contributed by atoms with Gasteiger partial charge in [-0.05, 0) is 31.0 Å². The van der Waals surface area contributed by atoms with Gasteiger partial charge in [0.25, 0.3) is 11.9 Å². The smallest absolute Gasteiger partial charge is 0.416 e. The molecule has 1 unspecified atom stereocenters. The predicted octanol–water partition coefficient (Wildman–Crippen LogP) is 2.83. The van der Waals surface area contributed by atoms with Crippen LogP contribution in [0.25, 0.3) is 0 Å². The van der Waals surface area contributed by atoms with Gasteiger partial charge < -0.3 is 14.5 Å². The summed E-state index contributed by atoms with van der Waals surface area (Å²) in [7, 11) is -4.13. The molecule has 1 aromatic heterocycles. The standard InChI is InChI=1S/C18H21F3N4O5S/c1-3-13-9-25(6-7-29-13)31(27,28)24-16(26)15-10-30-17(23-15)22-14-8-12(18(19,20)21)5-4-11(14)2/h4-5,8,10,13H,3,6-7,9H2,1-2H3,(H,22,23)(H,24,26). The number of benzene rings is 1. The minimum absolute atomic E-state index is 0.0789. The van der Waals surface area contributed by atoms with E-state index in [0.717, 1.165) is 22.7 Å². The van der Waals surface area contributed by atoms with Gasteiger partial charge in [0, 0.05) is 18.8 Å². The molecule has 0 bridgehead atoms. The lowest BCUT2D eigenvalue weighted by atomic mass is 10.1. The lowest BCUT2D eigenvalue weighted by molar-refractivity contribution is -0.137. The second kappa shape index (κ2) is 8.85. The fraction of sp³-hybridized carbons (Fsp3) is 0.444. The Morgan fingerprint density at radius 3 is 2.77 bits per heavy atom. The molecule has 1 aliphatic heterocycles. The number of hydrogen-bond donors (Lipinski definition) is 2. The molecule has 31 heavy (non-hydrogen) atoms. The maximum atomic E-state index is 12.9. The van der Waals surface area contributed by atoms with Crippen LogP contribution in [0.2, 0.25) is 0 Å². The molecule has 3 rings (SSSR count). The summed E-state index contributed by atoms with van der Waals surface area (Å²) in [6.07, 6.45) is -3.27. The van der Waals surface area contributed by atoms with Crippen LogP contribution in [0.4, 0.5) is 24.9 Å². The molecular weight excluding hydrogens is 441 g/mol. The Hall–Kier alpha value is -2.64. The average molecular weight is 462 g/mol. The van der Waals surface area contributed by atoms with E-state index < -0.39 is 27.9 Å². The van der Waals surface area contributed by atoms with E-state index in [1.165, 1.54) is 6.07 Å². The number of amides is 1. The van der Waals surface area contributed by atoms with Gasteiger partial charge in [-0.25, -0.2) is 4.72 Å². The Morgan fingerprint density at radius 2 is 2.10 bits per heavy atom. The summed E-state index contributed by atoms with van der Waals surface area (Å²) in [6.45, 7) is 3.86. The molecule has 0 saturated carbocycles. The Balaban J connectivity index is 1.70. The van der Waals surface area contributed by atoms with E-state index in [4.69, 9.17) is 9.15 Å². The number of ether oxygens (including phenoxy) is 1. The second-order valence-corrected chi connectivity index (χ2v) is 8.56. The molecule has 1 fully saturated rings. The summed E-state index contributed by atoms with van der Waals surface area (Å²) in [5.74, 6) is -1.03. The minimum atomic E-state index is -4.53. The molecule has 9 nitrogen and oxygen atoms in total. The van der Waals surface area contributed by atoms with Crippen LogP contribution < -0.4 is 10.0 Å². The highest BCUT2D eigenvalue weighted by atomic mass is 32.2. The van der Waals surface area contributed by atoms with Crippen molar-refractivity contribution in [3.63, 3.8) is 0 Å². The zero-order valence-electron chi connectivity index (χ0n) is 16.7. The Morgan fingerprint density at radius 1 is 1.35 bits per heavy atom. The number of aromatic nitrogens is 1. The number of rotatable bonds is 6. The zero-order valence-corrected chi connectivity index (χ0v) is 17.5. The van der Waals surface area contributed by atoms with Crippen molar-refractivity contribution in [1.82, 2.24) is 14.0 Å². The van der Waals surface area contributed by atoms with Crippen LogP contribution >= 0.6 is 0 Å². The molecule has 1 aromatic carbocycles. The maximum Gasteiger partial charge on any atom is 0.416 e. The Kier molecular flexibility index (Phi) is 6.57. The van der Waals surface area contributed by atoms with Crippen molar-refractivity contribution in [3.8, 4) is 0 Å². The third kappa shape index (κ3) is 5.54. The molecule has 1 saturated heterocycles. The van der Waals surface area contributed by atoms with Crippen LogP contribution in [0.1, 0.15) is 35.0 Å². The van der Waals surface area contributed by atoms with Crippen LogP contribution in [0, 0.1) is 6.92 Å². The minimum Gasteiger partial charge on any atom is -0.431 e. The molecule has 0 aliphatic carbocycles. The van der Waals surface area contributed by atoms with E-state index in [-0.39, 0.29) is 43.2 Å². The van der Waals surface area contributed by atoms with Crippen LogP contribution in [-0.4, -0.2) is 49.4 Å². The van der Waals surface area contributed by atoms with Crippen molar-refractivity contribution in [2.24, 2.45) is 0 Å². The summed E-state index contributed by atoms with van der Waals surface area (Å²) >= 11 is 0. The topological polar surface area (TPSA) is 114 Å². The normalized spacial score (nSPS) is 18.0. The van der Waals surface area contributed by atoms with Gasteiger partial charge in [0.15, 0.2) is 5.69 Å². The van der Waals surface area contributed by atoms with E-state index in [0.29, 0.717) is 12.0 Å². The van der Waals surface area contributed by atoms with Gasteiger partial charge in [-0.2, -0.15) is 30.9 Å². The van der Waals surface area contributed by atoms with Crippen molar-refractivity contribution in [3.05, 3.63) is 41.3 Å². The fourth-order valence-corrected chi connectivity index (χ4v) is 4.02. The molecule has 2 heterocycles. The molecule has 170 valence electrons. The SMILES string of the molecule is CCC1CN(S(=O)(=O)NC(=O)c2coc(Nc3cc(C(F)(F)F)ccc3C)n2)CCO1. The summed E-state index contributed by atoms with van der Waals surface area (Å²) in [5.41, 5.74) is -0.657. The largest absolute Gasteiger partial charge is 0.431 e. The quantitative estimate of drug-likeness (QED) is 0.679. The number of carbonyl (C=O) groups excluding carboxylic acids is 1. The van der Waals surface area contributed by atoms with Gasteiger partial charge in [-0.3, -0.25) is 4.79 Å². The molecule has 2 aromatic rings. The highest BCUT2D eigenvalue weighted by Gasteiger charge is 2.32. The van der Waals surface area contributed by atoms with Gasteiger partial charge in [0.1, 0.15) is 6.26 Å². The number of carbonyl (C=O) groups is 1. The first kappa shape index (κ1) is 23.0. The number of anilines is 2. The van der Waals surface area contributed by atoms with Crippen LogP contribution in [-0.2, 0) is 21.1 Å². The summed E-state index contributed by atoms with van der Waals surface area (Å²) in [6, 6.07) is 2.84. The lowest BCUT2D eigenvalue weighted by Gasteiger charge is -2.31. The summed E-state index contributed by atoms with van der Waals surface area (Å²) < 4.78 is 77.2. The van der Waals surface area contributed by atoms with Gasteiger partial charge in [0.05, 0.1) is 18.3 Å². The van der Waals surface area contributed by atoms with Crippen molar-refractivity contribution < 1.29 is 35.5 Å². The molecule has 1 atom stereocenters. The van der Waals surface area contributed by atoms with E-state index in [1.807, 2.05) is 11.6 Å². The van der Waals surface area contributed by atoms with Crippen molar-refractivity contribution >= 4 is 27.8 Å². The van der Waals surface area contributed by atoms with Crippen LogP contribution in [0.15, 0.2) is 28.9 Å². The highest BCUT2D eigenvalue weighted by Crippen LogP contribution is 2.33. The van der Waals surface area contributed by atoms with Crippen molar-refractivity contribution in [2.45, 2.75) is 32.5 Å². The lowest BCUT2D eigenvalue weighted by Crippen LogP contribution is -2.51. The second-order valence-electron chi connectivity index (χ2n) is 6.89. The number of nitrogens with one attached hydrogen (secondary N) is 2. The number of hydrogen-bond acceptors (Lipinski definition) is 7.